The molecule has 0 aromatic heterocycles. The van der Waals surface area contributed by atoms with Crippen LogP contribution in [0.4, 0.5) is 4.79 Å². The average molecular weight is 349 g/mol. The third kappa shape index (κ3) is 5.88. The molecule has 1 atom stereocenters. The van der Waals surface area contributed by atoms with Gasteiger partial charge in [0.15, 0.2) is 0 Å². The standard InChI is InChI=1S/C12H16ClN3O5S/c13-8-3-5-9(6-4-8)22(20,21)16-10(11(17)18)2-1-7-15-12(14)19/h3-6,10,16H,1-2,7H2,(H,17,18)(H3,14,15,19)/p-1/t10-/m0/s1. The van der Waals surface area contributed by atoms with Crippen molar-refractivity contribution in [2.24, 2.45) is 5.73 Å². The second kappa shape index (κ2) is 7.97. The van der Waals surface area contributed by atoms with Crippen LogP contribution in [0, 0.1) is 0 Å². The van der Waals surface area contributed by atoms with E-state index in [1.54, 1.807) is 0 Å². The van der Waals surface area contributed by atoms with Gasteiger partial charge in [-0.15, -0.1) is 0 Å². The van der Waals surface area contributed by atoms with E-state index in [0.29, 0.717) is 5.02 Å². The van der Waals surface area contributed by atoms with Crippen molar-refractivity contribution in [3.05, 3.63) is 29.3 Å². The Bertz CT molecular complexity index is 633. The Morgan fingerprint density at radius 1 is 1.27 bits per heavy atom. The summed E-state index contributed by atoms with van der Waals surface area (Å²) in [5.41, 5.74) is 4.86. The zero-order valence-electron chi connectivity index (χ0n) is 11.4. The van der Waals surface area contributed by atoms with Gasteiger partial charge in [-0.25, -0.2) is 17.9 Å². The second-order valence-electron chi connectivity index (χ2n) is 4.38. The first-order chi connectivity index (χ1) is 10.2. The van der Waals surface area contributed by atoms with E-state index in [-0.39, 0.29) is 24.3 Å². The first kappa shape index (κ1) is 18.2. The quantitative estimate of drug-likeness (QED) is 0.526. The molecule has 8 nitrogen and oxygen atoms in total. The van der Waals surface area contributed by atoms with Crippen molar-refractivity contribution in [3.63, 3.8) is 0 Å². The second-order valence-corrected chi connectivity index (χ2v) is 6.53. The minimum Gasteiger partial charge on any atom is -0.548 e. The van der Waals surface area contributed by atoms with Gasteiger partial charge in [-0.05, 0) is 37.1 Å². The number of carbonyl (C=O) groups is 2. The summed E-state index contributed by atoms with van der Waals surface area (Å²) in [6.07, 6.45) is 0.153. The molecule has 0 heterocycles. The van der Waals surface area contributed by atoms with Crippen LogP contribution in [0.1, 0.15) is 12.8 Å². The molecule has 0 aliphatic carbocycles. The third-order valence-corrected chi connectivity index (χ3v) is 4.41. The highest BCUT2D eigenvalue weighted by Gasteiger charge is 2.20. The van der Waals surface area contributed by atoms with E-state index in [2.05, 4.69) is 5.32 Å². The van der Waals surface area contributed by atoms with E-state index in [1.807, 2.05) is 4.72 Å². The molecule has 122 valence electrons. The Balaban J connectivity index is 2.71. The predicted octanol–water partition coefficient (Wildman–Crippen LogP) is -0.815. The molecule has 4 N–H and O–H groups in total. The van der Waals surface area contributed by atoms with E-state index >= 15 is 0 Å². The Morgan fingerprint density at radius 3 is 2.36 bits per heavy atom. The fraction of sp³-hybridized carbons (Fsp3) is 0.333. The van der Waals surface area contributed by atoms with Gasteiger partial charge in [0.05, 0.1) is 16.9 Å². The van der Waals surface area contributed by atoms with Crippen molar-refractivity contribution in [2.75, 3.05) is 6.54 Å². The van der Waals surface area contributed by atoms with Gasteiger partial charge in [0, 0.05) is 11.6 Å². The maximum absolute atomic E-state index is 12.1. The van der Waals surface area contributed by atoms with Gasteiger partial charge in [-0.1, -0.05) is 11.6 Å². The smallest absolute Gasteiger partial charge is 0.312 e. The number of amides is 2. The molecular weight excluding hydrogens is 334 g/mol. The number of halogens is 1. The number of carbonyl (C=O) groups excluding carboxylic acids is 2. The van der Waals surface area contributed by atoms with Crippen LogP contribution in [0.2, 0.25) is 5.02 Å². The van der Waals surface area contributed by atoms with Crippen molar-refractivity contribution >= 4 is 33.6 Å². The lowest BCUT2D eigenvalue weighted by Gasteiger charge is -2.19. The summed E-state index contributed by atoms with van der Waals surface area (Å²) >= 11 is 5.66. The molecule has 0 saturated heterocycles. The minimum absolute atomic E-state index is 0.0601. The highest BCUT2D eigenvalue weighted by Crippen LogP contribution is 2.14. The van der Waals surface area contributed by atoms with Gasteiger partial charge < -0.3 is 21.0 Å². The maximum atomic E-state index is 12.1. The number of hydrogen-bond donors (Lipinski definition) is 3. The number of hydrogen-bond acceptors (Lipinski definition) is 5. The maximum Gasteiger partial charge on any atom is 0.312 e. The van der Waals surface area contributed by atoms with Gasteiger partial charge in [-0.2, -0.15) is 0 Å². The highest BCUT2D eigenvalue weighted by molar-refractivity contribution is 7.89. The molecule has 0 aliphatic rings. The zero-order valence-corrected chi connectivity index (χ0v) is 13.0. The van der Waals surface area contributed by atoms with Gasteiger partial charge in [0.2, 0.25) is 10.0 Å². The van der Waals surface area contributed by atoms with Crippen molar-refractivity contribution in [2.45, 2.75) is 23.8 Å². The Kier molecular flexibility index (Phi) is 6.60. The summed E-state index contributed by atoms with van der Waals surface area (Å²) in [5, 5.41) is 13.6. The van der Waals surface area contributed by atoms with Gasteiger partial charge in [0.25, 0.3) is 0 Å². The number of nitrogens with two attached hydrogens (primary N) is 1. The van der Waals surface area contributed by atoms with E-state index < -0.39 is 28.1 Å². The third-order valence-electron chi connectivity index (χ3n) is 2.67. The molecule has 0 radical (unpaired) electrons. The Labute approximate surface area is 132 Å². The molecule has 0 spiro atoms. The number of sulfonamides is 1. The number of rotatable bonds is 8. The van der Waals surface area contributed by atoms with Gasteiger partial charge in [0.1, 0.15) is 0 Å². The minimum atomic E-state index is -4.02. The van der Waals surface area contributed by atoms with Crippen LogP contribution in [0.15, 0.2) is 29.2 Å². The number of nitrogens with one attached hydrogen (secondary N) is 2. The monoisotopic (exact) mass is 348 g/mol. The molecule has 22 heavy (non-hydrogen) atoms. The van der Waals surface area contributed by atoms with Gasteiger partial charge >= 0.3 is 6.03 Å². The van der Waals surface area contributed by atoms with Crippen molar-refractivity contribution in [3.8, 4) is 0 Å². The molecule has 1 aromatic rings. The summed E-state index contributed by atoms with van der Waals surface area (Å²) in [5.74, 6) is -1.56. The van der Waals surface area contributed by atoms with E-state index in [4.69, 9.17) is 17.3 Å². The van der Waals surface area contributed by atoms with Crippen LogP contribution in [0.25, 0.3) is 0 Å². The summed E-state index contributed by atoms with van der Waals surface area (Å²) in [7, 11) is -4.02. The van der Waals surface area contributed by atoms with Crippen molar-refractivity contribution < 1.29 is 23.1 Å². The van der Waals surface area contributed by atoms with Crippen LogP contribution >= 0.6 is 11.6 Å². The molecule has 0 unspecified atom stereocenters. The molecular formula is C12H15ClN3O5S-. The first-order valence-corrected chi connectivity index (χ1v) is 8.10. The predicted molar refractivity (Wildman–Crippen MR) is 77.4 cm³/mol. The molecule has 10 heteroatoms. The van der Waals surface area contributed by atoms with E-state index in [0.717, 1.165) is 0 Å². The Morgan fingerprint density at radius 2 is 1.86 bits per heavy atom. The molecule has 1 aromatic carbocycles. The molecule has 0 bridgehead atoms. The lowest BCUT2D eigenvalue weighted by molar-refractivity contribution is -0.308. The highest BCUT2D eigenvalue weighted by atomic mass is 35.5. The number of carboxylic acids is 1. The summed E-state index contributed by atoms with van der Waals surface area (Å²) < 4.78 is 26.2. The summed E-state index contributed by atoms with van der Waals surface area (Å²) in [6.45, 7) is 0.127. The molecule has 0 saturated carbocycles. The zero-order chi connectivity index (χ0) is 16.8. The van der Waals surface area contributed by atoms with Gasteiger partial charge in [-0.3, -0.25) is 0 Å². The lowest BCUT2D eigenvalue weighted by atomic mass is 10.2. The van der Waals surface area contributed by atoms with Crippen LogP contribution < -0.4 is 20.9 Å². The number of benzene rings is 1. The van der Waals surface area contributed by atoms with Crippen LogP contribution in [0.5, 0.6) is 0 Å². The topological polar surface area (TPSA) is 141 Å². The Hall–Kier alpha value is -1.84. The van der Waals surface area contributed by atoms with Crippen molar-refractivity contribution in [1.29, 1.82) is 0 Å². The first-order valence-electron chi connectivity index (χ1n) is 6.24. The lowest BCUT2D eigenvalue weighted by Crippen LogP contribution is -2.48. The van der Waals surface area contributed by atoms with Crippen molar-refractivity contribution in [1.82, 2.24) is 10.0 Å². The number of urea groups is 1. The fourth-order valence-corrected chi connectivity index (χ4v) is 2.96. The largest absolute Gasteiger partial charge is 0.548 e. The van der Waals surface area contributed by atoms with Crippen LogP contribution in [-0.2, 0) is 14.8 Å². The molecule has 1 rings (SSSR count). The fourth-order valence-electron chi connectivity index (χ4n) is 1.61. The number of carboxylic acid groups (broad SMARTS) is 1. The SMILES string of the molecule is NC(=O)NCCC[C@H](NS(=O)(=O)c1ccc(Cl)cc1)C(=O)[O-]. The molecule has 0 aliphatic heterocycles. The number of primary amides is 1. The van der Waals surface area contributed by atoms with E-state index in [9.17, 15) is 23.1 Å². The molecule has 2 amide bonds. The number of aliphatic carboxylic acids is 1. The van der Waals surface area contributed by atoms with Crippen LogP contribution in [0.3, 0.4) is 0 Å². The summed E-state index contributed by atoms with van der Waals surface area (Å²) in [6, 6.07) is 3.10. The summed E-state index contributed by atoms with van der Waals surface area (Å²) in [4.78, 5) is 21.4. The average Bonchev–Trinajstić information content (AvgIpc) is 2.42. The van der Waals surface area contributed by atoms with Crippen LogP contribution in [-0.4, -0.2) is 33.0 Å². The molecule has 0 fully saturated rings. The van der Waals surface area contributed by atoms with E-state index in [1.165, 1.54) is 24.3 Å². The normalized spacial score (nSPS) is 12.6.